The molecule has 1 aromatic rings. The van der Waals surface area contributed by atoms with E-state index in [1.54, 1.807) is 6.07 Å². The number of allylic oxidation sites excluding steroid dienone is 2. The maximum Gasteiger partial charge on any atom is 0.239 e. The molecule has 0 bridgehead atoms. The maximum atomic E-state index is 13.7. The second-order valence-electron chi connectivity index (χ2n) is 8.18. The lowest BCUT2D eigenvalue weighted by Gasteiger charge is -2.43. The van der Waals surface area contributed by atoms with Crippen LogP contribution in [-0.4, -0.2) is 59.9 Å². The number of amides is 1. The van der Waals surface area contributed by atoms with Gasteiger partial charge < -0.3 is 20.9 Å². The Morgan fingerprint density at radius 2 is 2.09 bits per heavy atom. The van der Waals surface area contributed by atoms with Gasteiger partial charge in [-0.25, -0.2) is 9.38 Å². The molecule has 3 unspecified atom stereocenters. The van der Waals surface area contributed by atoms with Crippen LogP contribution in [0.3, 0.4) is 0 Å². The fourth-order valence-electron chi connectivity index (χ4n) is 4.40. The number of rotatable bonds is 3. The van der Waals surface area contributed by atoms with Crippen LogP contribution in [0.4, 0.5) is 4.39 Å². The van der Waals surface area contributed by atoms with Gasteiger partial charge in [-0.1, -0.05) is 30.7 Å². The smallest absolute Gasteiger partial charge is 0.239 e. The first kappa shape index (κ1) is 26.5. The molecule has 176 valence electrons. The average Bonchev–Trinajstić information content (AvgIpc) is 3.11. The molecule has 3 aliphatic rings. The number of aliphatic imine (C=N–C) groups is 1. The summed E-state index contributed by atoms with van der Waals surface area (Å²) in [5, 5.41) is 3.39. The molecule has 3 N–H and O–H groups in total. The molecule has 0 aromatic heterocycles. The average molecular weight is 505 g/mol. The molecule has 2 aliphatic heterocycles. The lowest BCUT2D eigenvalue weighted by atomic mass is 9.99. The van der Waals surface area contributed by atoms with E-state index in [-0.39, 0.29) is 48.2 Å². The summed E-state index contributed by atoms with van der Waals surface area (Å²) in [5.74, 6) is 0.747. The van der Waals surface area contributed by atoms with Gasteiger partial charge in [-0.3, -0.25) is 4.79 Å². The standard InChI is InChI=1S/C22H27ClFN5O.2ClH/c1-13-3-6-19-20(13)21(27-12-26-19)29-8-7-28(11-14(29)2)22(30)18(25)10-15-4-5-16(23)17(24)9-15;;/h3-6,9,13-14,18,26H,7-8,10-12,25H2,1-2H3;2*1H. The quantitative estimate of drug-likeness (QED) is 0.663. The first-order valence-corrected chi connectivity index (χ1v) is 10.7. The molecule has 0 radical (unpaired) electrons. The van der Waals surface area contributed by atoms with Gasteiger partial charge in [0.1, 0.15) is 18.3 Å². The van der Waals surface area contributed by atoms with Crippen molar-refractivity contribution in [3.63, 3.8) is 0 Å². The largest absolute Gasteiger partial charge is 0.366 e. The lowest BCUT2D eigenvalue weighted by Crippen LogP contribution is -2.59. The summed E-state index contributed by atoms with van der Waals surface area (Å²) in [6.45, 7) is 6.72. The van der Waals surface area contributed by atoms with Crippen LogP contribution in [0.5, 0.6) is 0 Å². The molecule has 1 fully saturated rings. The molecule has 10 heteroatoms. The Bertz CT molecular complexity index is 951. The summed E-state index contributed by atoms with van der Waals surface area (Å²) in [4.78, 5) is 21.8. The molecular formula is C22H29Cl3FN5O. The van der Waals surface area contributed by atoms with E-state index in [2.05, 4.69) is 36.2 Å². The third-order valence-electron chi connectivity index (χ3n) is 6.00. The molecule has 0 saturated carbocycles. The summed E-state index contributed by atoms with van der Waals surface area (Å²) in [6.07, 6.45) is 4.58. The number of nitrogens with two attached hydrogens (primary N) is 1. The topological polar surface area (TPSA) is 74.0 Å². The van der Waals surface area contributed by atoms with Crippen LogP contribution in [-0.2, 0) is 11.2 Å². The minimum atomic E-state index is -0.714. The van der Waals surface area contributed by atoms with E-state index in [0.29, 0.717) is 37.8 Å². The fraction of sp³-hybridized carbons (Fsp3) is 0.455. The number of nitrogens with zero attached hydrogens (tertiary/aromatic N) is 3. The van der Waals surface area contributed by atoms with Crippen LogP contribution in [0, 0.1) is 11.7 Å². The summed E-state index contributed by atoms with van der Waals surface area (Å²) in [6, 6.07) is 3.95. The van der Waals surface area contributed by atoms with Crippen molar-refractivity contribution in [1.29, 1.82) is 0 Å². The number of halogens is 4. The van der Waals surface area contributed by atoms with E-state index in [4.69, 9.17) is 22.3 Å². The number of benzene rings is 1. The Balaban J connectivity index is 0.00000181. The molecule has 2 heterocycles. The van der Waals surface area contributed by atoms with E-state index >= 15 is 0 Å². The number of carbonyl (C=O) groups excluding carboxylic acids is 1. The molecule has 1 saturated heterocycles. The van der Waals surface area contributed by atoms with Crippen LogP contribution in [0.25, 0.3) is 0 Å². The highest BCUT2D eigenvalue weighted by Crippen LogP contribution is 2.29. The second-order valence-corrected chi connectivity index (χ2v) is 8.58. The highest BCUT2D eigenvalue weighted by Gasteiger charge is 2.35. The van der Waals surface area contributed by atoms with Crippen molar-refractivity contribution in [3.05, 3.63) is 58.0 Å². The summed E-state index contributed by atoms with van der Waals surface area (Å²) in [7, 11) is 0. The van der Waals surface area contributed by atoms with Crippen LogP contribution < -0.4 is 11.1 Å². The number of piperazine rings is 1. The molecule has 0 spiro atoms. The maximum absolute atomic E-state index is 13.7. The third-order valence-corrected chi connectivity index (χ3v) is 6.31. The van der Waals surface area contributed by atoms with E-state index in [0.717, 1.165) is 11.5 Å². The molecule has 4 rings (SSSR count). The van der Waals surface area contributed by atoms with E-state index in [1.165, 1.54) is 17.7 Å². The molecule has 6 nitrogen and oxygen atoms in total. The van der Waals surface area contributed by atoms with Crippen LogP contribution in [0.1, 0.15) is 19.4 Å². The Labute approximate surface area is 205 Å². The van der Waals surface area contributed by atoms with Gasteiger partial charge in [0.05, 0.1) is 11.1 Å². The molecule has 1 aromatic carbocycles. The highest BCUT2D eigenvalue weighted by molar-refractivity contribution is 6.30. The van der Waals surface area contributed by atoms with Crippen molar-refractivity contribution in [2.24, 2.45) is 16.6 Å². The highest BCUT2D eigenvalue weighted by atomic mass is 35.5. The predicted molar refractivity (Wildman–Crippen MR) is 131 cm³/mol. The van der Waals surface area contributed by atoms with Crippen molar-refractivity contribution in [2.45, 2.75) is 32.4 Å². The van der Waals surface area contributed by atoms with Crippen LogP contribution >= 0.6 is 36.4 Å². The zero-order valence-electron chi connectivity index (χ0n) is 18.1. The summed E-state index contributed by atoms with van der Waals surface area (Å²) in [5.41, 5.74) is 9.21. The summed E-state index contributed by atoms with van der Waals surface area (Å²) >= 11 is 5.73. The van der Waals surface area contributed by atoms with Crippen molar-refractivity contribution in [2.75, 3.05) is 26.3 Å². The number of amidine groups is 1. The van der Waals surface area contributed by atoms with Crippen LogP contribution in [0.15, 0.2) is 46.6 Å². The number of carbonyl (C=O) groups is 1. The van der Waals surface area contributed by atoms with Crippen molar-refractivity contribution < 1.29 is 9.18 Å². The van der Waals surface area contributed by atoms with Crippen molar-refractivity contribution in [1.82, 2.24) is 15.1 Å². The monoisotopic (exact) mass is 503 g/mol. The Morgan fingerprint density at radius 1 is 1.34 bits per heavy atom. The molecule has 1 amide bonds. The van der Waals surface area contributed by atoms with E-state index in [9.17, 15) is 9.18 Å². The van der Waals surface area contributed by atoms with Gasteiger partial charge in [-0.2, -0.15) is 0 Å². The van der Waals surface area contributed by atoms with Crippen LogP contribution in [0.2, 0.25) is 5.02 Å². The fourth-order valence-corrected chi connectivity index (χ4v) is 4.51. The SMILES string of the molecule is CC1C=CC2=C1C(N1CCN(C(=O)C(N)Cc3ccc(Cl)c(F)c3)CC1C)=NCN2.Cl.Cl. The molecular weight excluding hydrogens is 476 g/mol. The minimum absolute atomic E-state index is 0. The molecule has 3 atom stereocenters. The number of hydrogen-bond donors (Lipinski definition) is 2. The lowest BCUT2D eigenvalue weighted by molar-refractivity contribution is -0.134. The normalized spacial score (nSPS) is 23.0. The molecule has 32 heavy (non-hydrogen) atoms. The zero-order valence-corrected chi connectivity index (χ0v) is 20.4. The third kappa shape index (κ3) is 5.22. The van der Waals surface area contributed by atoms with Gasteiger partial charge in [-0.15, -0.1) is 24.8 Å². The summed E-state index contributed by atoms with van der Waals surface area (Å²) < 4.78 is 13.7. The van der Waals surface area contributed by atoms with Gasteiger partial charge in [-0.05, 0) is 37.1 Å². The first-order chi connectivity index (χ1) is 14.3. The first-order valence-electron chi connectivity index (χ1n) is 10.3. The van der Waals surface area contributed by atoms with Crippen molar-refractivity contribution >= 4 is 48.2 Å². The van der Waals surface area contributed by atoms with Gasteiger partial charge in [0.2, 0.25) is 5.91 Å². The van der Waals surface area contributed by atoms with Gasteiger partial charge in [0.25, 0.3) is 0 Å². The number of nitrogens with one attached hydrogen (secondary N) is 1. The second kappa shape index (κ2) is 10.9. The predicted octanol–water partition coefficient (Wildman–Crippen LogP) is 3.14. The van der Waals surface area contributed by atoms with Gasteiger partial charge in [0, 0.05) is 42.9 Å². The Kier molecular flexibility index (Phi) is 8.99. The zero-order chi connectivity index (χ0) is 21.4. The van der Waals surface area contributed by atoms with Crippen molar-refractivity contribution in [3.8, 4) is 0 Å². The van der Waals surface area contributed by atoms with Gasteiger partial charge in [0.15, 0.2) is 0 Å². The number of hydrogen-bond acceptors (Lipinski definition) is 5. The minimum Gasteiger partial charge on any atom is -0.366 e. The Morgan fingerprint density at radius 3 is 2.78 bits per heavy atom. The molecule has 1 aliphatic carbocycles. The van der Waals surface area contributed by atoms with E-state index in [1.807, 2.05) is 4.90 Å². The Hall–Kier alpha value is -1.80. The van der Waals surface area contributed by atoms with E-state index < -0.39 is 11.9 Å². The van der Waals surface area contributed by atoms with Gasteiger partial charge >= 0.3 is 0 Å².